The fraction of sp³-hybridized carbons (Fsp3) is 0.421. The molecule has 0 bridgehead atoms. The van der Waals surface area contributed by atoms with E-state index in [0.717, 1.165) is 29.5 Å². The summed E-state index contributed by atoms with van der Waals surface area (Å²) < 4.78 is 5.52. The molecule has 1 aliphatic carbocycles. The van der Waals surface area contributed by atoms with E-state index >= 15 is 0 Å². The fourth-order valence-corrected chi connectivity index (χ4v) is 2.50. The average Bonchev–Trinajstić information content (AvgIpc) is 2.71. The van der Waals surface area contributed by atoms with Crippen molar-refractivity contribution in [3.8, 4) is 0 Å². The van der Waals surface area contributed by atoms with Gasteiger partial charge in [-0.25, -0.2) is 0 Å². The van der Waals surface area contributed by atoms with E-state index < -0.39 is 12.3 Å². The van der Waals surface area contributed by atoms with Crippen molar-refractivity contribution in [2.75, 3.05) is 19.8 Å². The van der Waals surface area contributed by atoms with Gasteiger partial charge in [0, 0.05) is 6.54 Å². The second-order valence-corrected chi connectivity index (χ2v) is 6.40. The number of aliphatic hydroxyl groups excluding tert-OH is 1. The molecule has 0 saturated carbocycles. The first-order valence-corrected chi connectivity index (χ1v) is 8.99. The lowest BCUT2D eigenvalue weighted by atomic mass is 10.1. The Hall–Kier alpha value is -1.34. The van der Waals surface area contributed by atoms with Gasteiger partial charge >= 0.3 is 0 Å². The molecule has 0 radical (unpaired) electrons. The van der Waals surface area contributed by atoms with E-state index in [-0.39, 0.29) is 43.0 Å². The molecule has 2 atom stereocenters. The largest absolute Gasteiger partial charge is 1.00 e. The van der Waals surface area contributed by atoms with Crippen molar-refractivity contribution >= 4 is 11.6 Å². The third kappa shape index (κ3) is 9.24. The van der Waals surface area contributed by atoms with Crippen molar-refractivity contribution < 1.29 is 44.1 Å². The number of nitrogens with two attached hydrogens (primary N) is 2. The second-order valence-electron chi connectivity index (χ2n) is 6.40. The summed E-state index contributed by atoms with van der Waals surface area (Å²) in [6, 6.07) is 6.29. The Balaban J connectivity index is 0.00000392. The molecule has 9 heteroatoms. The maximum atomic E-state index is 11.9. The third-order valence-electron chi connectivity index (χ3n) is 4.13. The highest BCUT2D eigenvalue weighted by Crippen LogP contribution is 2.09. The van der Waals surface area contributed by atoms with Crippen LogP contribution in [-0.4, -0.2) is 43.0 Å². The molecular formula is C19H28IN4O4-. The number of carbonyl (C=O) groups is 1. The lowest BCUT2D eigenvalue weighted by Gasteiger charge is -2.20. The zero-order chi connectivity index (χ0) is 19.5. The molecule has 2 rings (SSSR count). The molecule has 0 heterocycles. The standard InChI is InChI=1S/C19H28N4O4.HI/c20-17(13-27-12-15-4-2-1-3-5-15)19(25)22-11-18(24)21-10-14-6-8-16(23-26)9-7-14;/h2,4-9,17,19,22,25H,1,3,10-13,20,23H2,(H,21,24);1H/p-1. The topological polar surface area (TPSA) is 136 Å². The lowest BCUT2D eigenvalue weighted by Crippen LogP contribution is -3.00. The Kier molecular flexibility index (Phi) is 12.1. The van der Waals surface area contributed by atoms with Gasteiger partial charge in [0.05, 0.1) is 25.8 Å². The predicted octanol–water partition coefficient (Wildman–Crippen LogP) is -3.47. The van der Waals surface area contributed by atoms with Crippen LogP contribution in [-0.2, 0) is 16.1 Å². The number of amides is 1. The van der Waals surface area contributed by atoms with Gasteiger partial charge < -0.3 is 55.6 Å². The molecule has 0 fully saturated rings. The van der Waals surface area contributed by atoms with Crippen LogP contribution in [0.25, 0.3) is 0 Å². The quantitative estimate of drug-likeness (QED) is 0.0922. The van der Waals surface area contributed by atoms with Gasteiger partial charge in [-0.2, -0.15) is 0 Å². The molecule has 28 heavy (non-hydrogen) atoms. The van der Waals surface area contributed by atoms with Gasteiger partial charge in [0.2, 0.25) is 5.91 Å². The summed E-state index contributed by atoms with van der Waals surface area (Å²) in [4.78, 5) is 11.9. The van der Waals surface area contributed by atoms with Crippen LogP contribution in [0.2, 0.25) is 0 Å². The number of allylic oxidation sites excluding steroid dienone is 2. The number of ether oxygens (including phenoxy) is 1. The minimum Gasteiger partial charge on any atom is -1.00 e. The molecule has 1 aromatic rings. The average molecular weight is 503 g/mol. The second kappa shape index (κ2) is 13.8. The van der Waals surface area contributed by atoms with Crippen molar-refractivity contribution in [1.29, 1.82) is 0 Å². The van der Waals surface area contributed by atoms with Crippen molar-refractivity contribution in [3.05, 3.63) is 58.8 Å². The Morgan fingerprint density at radius 3 is 2.71 bits per heavy atom. The van der Waals surface area contributed by atoms with Crippen LogP contribution in [0.3, 0.4) is 0 Å². The zero-order valence-corrected chi connectivity index (χ0v) is 17.8. The first-order valence-electron chi connectivity index (χ1n) is 8.99. The smallest absolute Gasteiger partial charge is 0.234 e. The minimum absolute atomic E-state index is 0. The molecule has 8 nitrogen and oxygen atoms in total. The molecule has 1 aromatic carbocycles. The van der Waals surface area contributed by atoms with Gasteiger partial charge in [-0.1, -0.05) is 30.4 Å². The molecule has 156 valence electrons. The van der Waals surface area contributed by atoms with Gasteiger partial charge in [-0.3, -0.25) is 10.1 Å². The Morgan fingerprint density at radius 2 is 2.07 bits per heavy atom. The van der Waals surface area contributed by atoms with Gasteiger partial charge in [0.1, 0.15) is 11.9 Å². The van der Waals surface area contributed by atoms with Crippen LogP contribution in [0, 0.1) is 5.21 Å². The first kappa shape index (κ1) is 24.7. The number of aliphatic hydroxyl groups is 1. The minimum atomic E-state index is -1.04. The van der Waals surface area contributed by atoms with Crippen LogP contribution in [0.4, 0.5) is 5.69 Å². The SMILES string of the molecule is NC(COCC1=CCCC=C1)C(O)NCC(=O)NCc1ccc([NH2+][O-])cc1.[I-]. The van der Waals surface area contributed by atoms with Crippen molar-refractivity contribution in [1.82, 2.24) is 10.6 Å². The van der Waals surface area contributed by atoms with Crippen molar-refractivity contribution in [2.24, 2.45) is 5.73 Å². The first-order chi connectivity index (χ1) is 13.1. The number of quaternary nitrogens is 1. The third-order valence-corrected chi connectivity index (χ3v) is 4.13. The van der Waals surface area contributed by atoms with Gasteiger partial charge in [0.25, 0.3) is 0 Å². The highest BCUT2D eigenvalue weighted by molar-refractivity contribution is 5.78. The number of hydrogen-bond acceptors (Lipinski definition) is 6. The number of hydrogen-bond donors (Lipinski definition) is 5. The summed E-state index contributed by atoms with van der Waals surface area (Å²) in [7, 11) is 0. The molecular weight excluding hydrogens is 475 g/mol. The number of benzene rings is 1. The van der Waals surface area contributed by atoms with E-state index in [1.54, 1.807) is 24.3 Å². The van der Waals surface area contributed by atoms with E-state index in [0.29, 0.717) is 18.8 Å². The van der Waals surface area contributed by atoms with Gasteiger partial charge in [-0.15, -0.1) is 0 Å². The highest BCUT2D eigenvalue weighted by Gasteiger charge is 2.16. The fourth-order valence-electron chi connectivity index (χ4n) is 2.50. The monoisotopic (exact) mass is 503 g/mol. The van der Waals surface area contributed by atoms with Crippen molar-refractivity contribution in [2.45, 2.75) is 31.7 Å². The summed E-state index contributed by atoms with van der Waals surface area (Å²) >= 11 is 0. The highest BCUT2D eigenvalue weighted by atomic mass is 127. The van der Waals surface area contributed by atoms with E-state index in [4.69, 9.17) is 10.5 Å². The molecule has 0 aliphatic heterocycles. The summed E-state index contributed by atoms with van der Waals surface area (Å²) in [5.41, 5.74) is 9.22. The molecule has 1 amide bonds. The Morgan fingerprint density at radius 1 is 1.32 bits per heavy atom. The maximum Gasteiger partial charge on any atom is 0.234 e. The summed E-state index contributed by atoms with van der Waals surface area (Å²) in [6.07, 6.45) is 7.28. The van der Waals surface area contributed by atoms with E-state index in [1.807, 2.05) is 6.08 Å². The van der Waals surface area contributed by atoms with Crippen LogP contribution in [0.15, 0.2) is 48.1 Å². The molecule has 2 unspecified atom stereocenters. The maximum absolute atomic E-state index is 11.9. The molecule has 0 aromatic heterocycles. The Bertz CT molecular complexity index is 652. The van der Waals surface area contributed by atoms with Crippen molar-refractivity contribution in [3.63, 3.8) is 0 Å². The summed E-state index contributed by atoms with van der Waals surface area (Å²) in [5.74, 6) is -0.265. The number of carbonyl (C=O) groups excluding carboxylic acids is 1. The van der Waals surface area contributed by atoms with Crippen LogP contribution in [0.1, 0.15) is 18.4 Å². The normalized spacial score (nSPS) is 15.3. The lowest BCUT2D eigenvalue weighted by molar-refractivity contribution is -0.497. The number of halogens is 1. The number of nitrogens with one attached hydrogen (secondary N) is 2. The molecule has 0 spiro atoms. The predicted molar refractivity (Wildman–Crippen MR) is 103 cm³/mol. The molecule has 1 aliphatic rings. The summed E-state index contributed by atoms with van der Waals surface area (Å²) in [6.45, 7) is 0.924. The van der Waals surface area contributed by atoms with E-state index in [9.17, 15) is 15.1 Å². The number of rotatable bonds is 11. The molecule has 7 N–H and O–H groups in total. The van der Waals surface area contributed by atoms with E-state index in [2.05, 4.69) is 22.8 Å². The molecule has 0 saturated heterocycles. The van der Waals surface area contributed by atoms with Crippen LogP contribution in [0.5, 0.6) is 0 Å². The van der Waals surface area contributed by atoms with Crippen LogP contribution < -0.4 is 45.8 Å². The van der Waals surface area contributed by atoms with Gasteiger partial charge in [-0.05, 0) is 36.1 Å². The van der Waals surface area contributed by atoms with Gasteiger partial charge in [0.15, 0.2) is 0 Å². The Labute approximate surface area is 182 Å². The zero-order valence-electron chi connectivity index (χ0n) is 15.6. The summed E-state index contributed by atoms with van der Waals surface area (Å²) in [5, 5.41) is 26.0. The van der Waals surface area contributed by atoms with Crippen LogP contribution >= 0.6 is 0 Å². The van der Waals surface area contributed by atoms with E-state index in [1.165, 1.54) is 0 Å².